The zero-order valence-electron chi connectivity index (χ0n) is 13.7. The Morgan fingerprint density at radius 2 is 2.00 bits per heavy atom. The number of carbonyl (C=O) groups is 2. The first-order valence-corrected chi connectivity index (χ1v) is 8.25. The molecule has 0 radical (unpaired) electrons. The number of amides is 3. The summed E-state index contributed by atoms with van der Waals surface area (Å²) in [6.07, 6.45) is 2.11. The van der Waals surface area contributed by atoms with Crippen molar-refractivity contribution in [3.8, 4) is 0 Å². The Hall–Kier alpha value is -2.18. The largest absolute Gasteiger partial charge is 0.341 e. The van der Waals surface area contributed by atoms with E-state index in [2.05, 4.69) is 6.92 Å². The summed E-state index contributed by atoms with van der Waals surface area (Å²) < 4.78 is 26.4. The number of urea groups is 1. The minimum Gasteiger partial charge on any atom is -0.341 e. The van der Waals surface area contributed by atoms with Gasteiger partial charge in [-0.3, -0.25) is 9.69 Å². The number of anilines is 1. The van der Waals surface area contributed by atoms with Gasteiger partial charge >= 0.3 is 6.03 Å². The summed E-state index contributed by atoms with van der Waals surface area (Å²) >= 11 is 0. The van der Waals surface area contributed by atoms with Gasteiger partial charge in [-0.25, -0.2) is 13.6 Å². The third-order valence-corrected chi connectivity index (χ3v) is 4.65. The molecule has 5 nitrogen and oxygen atoms in total. The molecule has 2 aliphatic heterocycles. The van der Waals surface area contributed by atoms with E-state index in [1.165, 1.54) is 15.9 Å². The molecule has 1 aromatic carbocycles. The van der Waals surface area contributed by atoms with Crippen LogP contribution in [0.4, 0.5) is 19.3 Å². The Kier molecular flexibility index (Phi) is 4.69. The lowest BCUT2D eigenvalue weighted by Crippen LogP contribution is -2.45. The number of halogens is 2. The molecule has 0 N–H and O–H groups in total. The molecule has 7 heteroatoms. The zero-order chi connectivity index (χ0) is 17.3. The van der Waals surface area contributed by atoms with Gasteiger partial charge in [-0.15, -0.1) is 0 Å². The van der Waals surface area contributed by atoms with Crippen LogP contribution in [0.3, 0.4) is 0 Å². The van der Waals surface area contributed by atoms with E-state index in [0.29, 0.717) is 24.7 Å². The van der Waals surface area contributed by atoms with Crippen molar-refractivity contribution in [3.63, 3.8) is 0 Å². The van der Waals surface area contributed by atoms with Crippen LogP contribution >= 0.6 is 0 Å². The van der Waals surface area contributed by atoms with Crippen LogP contribution < -0.4 is 4.90 Å². The van der Waals surface area contributed by atoms with E-state index in [1.807, 2.05) is 4.90 Å². The summed E-state index contributed by atoms with van der Waals surface area (Å²) in [5.41, 5.74) is 0.306. The van der Waals surface area contributed by atoms with Gasteiger partial charge in [-0.2, -0.15) is 0 Å². The Morgan fingerprint density at radius 3 is 2.71 bits per heavy atom. The standard InChI is InChI=1S/C17H21F2N3O2/c1-12-3-2-6-20(10-12)16(23)11-21-7-8-22(17(21)24)13-4-5-14(18)15(19)9-13/h4-5,9,12H,2-3,6-8,10-11H2,1H3/t12-/m1/s1. The van der Waals surface area contributed by atoms with Gasteiger partial charge in [0.2, 0.25) is 5.91 Å². The molecule has 2 aliphatic rings. The Bertz CT molecular complexity index is 653. The highest BCUT2D eigenvalue weighted by Crippen LogP contribution is 2.23. The maximum Gasteiger partial charge on any atom is 0.325 e. The van der Waals surface area contributed by atoms with E-state index in [1.54, 1.807) is 0 Å². The lowest BCUT2D eigenvalue weighted by Gasteiger charge is -2.32. The Labute approximate surface area is 139 Å². The number of piperidine rings is 1. The molecule has 0 unspecified atom stereocenters. The lowest BCUT2D eigenvalue weighted by atomic mass is 10.0. The molecule has 2 fully saturated rings. The molecule has 2 saturated heterocycles. The van der Waals surface area contributed by atoms with E-state index in [9.17, 15) is 18.4 Å². The van der Waals surface area contributed by atoms with Gasteiger partial charge in [-0.1, -0.05) is 6.92 Å². The van der Waals surface area contributed by atoms with Crippen LogP contribution in [0.1, 0.15) is 19.8 Å². The first kappa shape index (κ1) is 16.7. The van der Waals surface area contributed by atoms with Gasteiger partial charge in [0.25, 0.3) is 0 Å². The number of carbonyl (C=O) groups excluding carboxylic acids is 2. The molecule has 3 rings (SSSR count). The fraction of sp³-hybridized carbons (Fsp3) is 0.529. The predicted molar refractivity (Wildman–Crippen MR) is 85.7 cm³/mol. The molecule has 130 valence electrons. The van der Waals surface area contributed by atoms with Crippen molar-refractivity contribution in [2.45, 2.75) is 19.8 Å². The van der Waals surface area contributed by atoms with Crippen LogP contribution in [0.2, 0.25) is 0 Å². The van der Waals surface area contributed by atoms with E-state index in [4.69, 9.17) is 0 Å². The van der Waals surface area contributed by atoms with Crippen LogP contribution in [0, 0.1) is 17.6 Å². The van der Waals surface area contributed by atoms with Gasteiger partial charge in [0.1, 0.15) is 6.54 Å². The van der Waals surface area contributed by atoms with E-state index in [-0.39, 0.29) is 18.5 Å². The molecule has 0 spiro atoms. The molecular weight excluding hydrogens is 316 g/mol. The van der Waals surface area contributed by atoms with Crippen molar-refractivity contribution in [1.82, 2.24) is 9.80 Å². The van der Waals surface area contributed by atoms with Crippen LogP contribution in [0.5, 0.6) is 0 Å². The quantitative estimate of drug-likeness (QED) is 0.850. The second kappa shape index (κ2) is 6.75. The first-order valence-electron chi connectivity index (χ1n) is 8.25. The minimum absolute atomic E-state index is 0.0335. The van der Waals surface area contributed by atoms with Crippen molar-refractivity contribution in [2.24, 2.45) is 5.92 Å². The van der Waals surface area contributed by atoms with Crippen LogP contribution in [0.25, 0.3) is 0 Å². The van der Waals surface area contributed by atoms with Gasteiger partial charge < -0.3 is 9.80 Å². The molecule has 24 heavy (non-hydrogen) atoms. The third-order valence-electron chi connectivity index (χ3n) is 4.65. The third kappa shape index (κ3) is 3.34. The average molecular weight is 337 g/mol. The highest BCUT2D eigenvalue weighted by atomic mass is 19.2. The minimum atomic E-state index is -0.989. The van der Waals surface area contributed by atoms with E-state index in [0.717, 1.165) is 38.1 Å². The van der Waals surface area contributed by atoms with Crippen molar-refractivity contribution in [1.29, 1.82) is 0 Å². The normalized spacial score (nSPS) is 21.5. The summed E-state index contributed by atoms with van der Waals surface area (Å²) in [6.45, 7) is 4.36. The molecule has 0 saturated carbocycles. The molecule has 0 bridgehead atoms. The second-order valence-corrected chi connectivity index (χ2v) is 6.54. The Morgan fingerprint density at radius 1 is 1.21 bits per heavy atom. The predicted octanol–water partition coefficient (Wildman–Crippen LogP) is 2.47. The Balaban J connectivity index is 1.63. The summed E-state index contributed by atoms with van der Waals surface area (Å²) in [4.78, 5) is 29.5. The van der Waals surface area contributed by atoms with Gasteiger partial charge in [0.05, 0.1) is 0 Å². The van der Waals surface area contributed by atoms with Crippen LogP contribution in [-0.2, 0) is 4.79 Å². The number of benzene rings is 1. The van der Waals surface area contributed by atoms with E-state index >= 15 is 0 Å². The fourth-order valence-electron chi connectivity index (χ4n) is 3.30. The van der Waals surface area contributed by atoms with Crippen molar-refractivity contribution in [2.75, 3.05) is 37.6 Å². The molecule has 0 aliphatic carbocycles. The SMILES string of the molecule is C[C@@H]1CCCN(C(=O)CN2CCN(c3ccc(F)c(F)c3)C2=O)C1. The van der Waals surface area contributed by atoms with Crippen molar-refractivity contribution in [3.05, 3.63) is 29.8 Å². The first-order chi connectivity index (χ1) is 11.5. The number of nitrogens with zero attached hydrogens (tertiary/aromatic N) is 3. The molecule has 3 amide bonds. The maximum absolute atomic E-state index is 13.4. The number of hydrogen-bond donors (Lipinski definition) is 0. The smallest absolute Gasteiger partial charge is 0.325 e. The van der Waals surface area contributed by atoms with Gasteiger partial charge in [-0.05, 0) is 30.9 Å². The highest BCUT2D eigenvalue weighted by molar-refractivity contribution is 5.96. The van der Waals surface area contributed by atoms with Gasteiger partial charge in [0.15, 0.2) is 11.6 Å². The second-order valence-electron chi connectivity index (χ2n) is 6.54. The topological polar surface area (TPSA) is 43.9 Å². The van der Waals surface area contributed by atoms with Crippen molar-refractivity contribution < 1.29 is 18.4 Å². The van der Waals surface area contributed by atoms with Crippen LogP contribution in [0.15, 0.2) is 18.2 Å². The number of hydrogen-bond acceptors (Lipinski definition) is 2. The average Bonchev–Trinajstić information content (AvgIpc) is 2.91. The zero-order valence-corrected chi connectivity index (χ0v) is 13.7. The molecule has 1 atom stereocenters. The summed E-state index contributed by atoms with van der Waals surface area (Å²) in [5, 5.41) is 0. The monoisotopic (exact) mass is 337 g/mol. The van der Waals surface area contributed by atoms with Gasteiger partial charge in [0, 0.05) is 37.9 Å². The molecule has 1 aromatic rings. The summed E-state index contributed by atoms with van der Waals surface area (Å²) in [7, 11) is 0. The fourth-order valence-corrected chi connectivity index (χ4v) is 3.30. The van der Waals surface area contributed by atoms with Crippen molar-refractivity contribution >= 4 is 17.6 Å². The van der Waals surface area contributed by atoms with E-state index < -0.39 is 11.6 Å². The molecule has 0 aromatic heterocycles. The number of rotatable bonds is 3. The number of likely N-dealkylation sites (tertiary alicyclic amines) is 1. The summed E-state index contributed by atoms with van der Waals surface area (Å²) in [5.74, 6) is -1.51. The lowest BCUT2D eigenvalue weighted by molar-refractivity contribution is -0.133. The molecule has 2 heterocycles. The summed E-state index contributed by atoms with van der Waals surface area (Å²) in [6, 6.07) is 3.03. The van der Waals surface area contributed by atoms with Crippen LogP contribution in [-0.4, -0.2) is 54.5 Å². The highest BCUT2D eigenvalue weighted by Gasteiger charge is 2.33. The molecular formula is C17H21F2N3O2. The maximum atomic E-state index is 13.4.